The molecule has 0 aromatic rings. The first-order valence-electron chi connectivity index (χ1n) is 6.98. The fourth-order valence-corrected chi connectivity index (χ4v) is 2.44. The number of nitrogens with one attached hydrogen (secondary N) is 1. The smallest absolute Gasteiger partial charge is 0.0150 e. The zero-order valence-electron chi connectivity index (χ0n) is 11.8. The van der Waals surface area contributed by atoms with E-state index in [1.165, 1.54) is 38.9 Å². The summed E-state index contributed by atoms with van der Waals surface area (Å²) in [5.41, 5.74) is 0.365. The van der Waals surface area contributed by atoms with Gasteiger partial charge in [-0.25, -0.2) is 0 Å². The van der Waals surface area contributed by atoms with Crippen LogP contribution < -0.4 is 5.32 Å². The van der Waals surface area contributed by atoms with Gasteiger partial charge in [0.05, 0.1) is 0 Å². The summed E-state index contributed by atoms with van der Waals surface area (Å²) in [5, 5.41) is 3.68. The third-order valence-corrected chi connectivity index (χ3v) is 4.25. The number of hydrogen-bond acceptors (Lipinski definition) is 2. The van der Waals surface area contributed by atoms with Crippen molar-refractivity contribution >= 4 is 0 Å². The van der Waals surface area contributed by atoms with Gasteiger partial charge in [-0.05, 0) is 45.6 Å². The Balaban J connectivity index is 2.63. The van der Waals surface area contributed by atoms with Crippen LogP contribution in [0.1, 0.15) is 53.9 Å². The lowest BCUT2D eigenvalue weighted by molar-refractivity contribution is 0.0816. The Morgan fingerprint density at radius 2 is 2.00 bits per heavy atom. The molecule has 0 aliphatic carbocycles. The molecule has 1 aliphatic heterocycles. The molecule has 0 amide bonds. The molecule has 1 N–H and O–H groups in total. The van der Waals surface area contributed by atoms with Gasteiger partial charge in [-0.1, -0.05) is 20.8 Å². The summed E-state index contributed by atoms with van der Waals surface area (Å²) in [6.07, 6.45) is 3.80. The maximum Gasteiger partial charge on any atom is 0.0150 e. The maximum atomic E-state index is 3.68. The van der Waals surface area contributed by atoms with Gasteiger partial charge in [0.15, 0.2) is 0 Å². The number of hydrogen-bond donors (Lipinski definition) is 1. The highest BCUT2D eigenvalue weighted by Crippen LogP contribution is 2.22. The summed E-state index contributed by atoms with van der Waals surface area (Å²) in [7, 11) is 0. The van der Waals surface area contributed by atoms with Crippen LogP contribution in [0.4, 0.5) is 0 Å². The van der Waals surface area contributed by atoms with Crippen LogP contribution in [0, 0.1) is 5.92 Å². The lowest BCUT2D eigenvalue weighted by Crippen LogP contribution is -2.51. The number of nitrogens with zero attached hydrogens (tertiary/aromatic N) is 1. The van der Waals surface area contributed by atoms with Crippen LogP contribution in [0.5, 0.6) is 0 Å². The Morgan fingerprint density at radius 1 is 1.31 bits per heavy atom. The van der Waals surface area contributed by atoms with E-state index in [4.69, 9.17) is 0 Å². The van der Waals surface area contributed by atoms with Crippen molar-refractivity contribution in [2.24, 2.45) is 5.92 Å². The van der Waals surface area contributed by atoms with Crippen LogP contribution in [0.2, 0.25) is 0 Å². The first-order chi connectivity index (χ1) is 7.49. The molecule has 0 saturated carbocycles. The third kappa shape index (κ3) is 3.74. The summed E-state index contributed by atoms with van der Waals surface area (Å²) >= 11 is 0. The van der Waals surface area contributed by atoms with E-state index in [1.807, 2.05) is 0 Å². The van der Waals surface area contributed by atoms with Crippen LogP contribution in [-0.4, -0.2) is 36.1 Å². The lowest BCUT2D eigenvalue weighted by atomic mass is 9.95. The fourth-order valence-electron chi connectivity index (χ4n) is 2.44. The van der Waals surface area contributed by atoms with Gasteiger partial charge in [0, 0.05) is 24.7 Å². The second-order valence-corrected chi connectivity index (χ2v) is 6.02. The monoisotopic (exact) mass is 226 g/mol. The molecule has 2 nitrogen and oxygen atoms in total. The van der Waals surface area contributed by atoms with Crippen molar-refractivity contribution in [2.75, 3.05) is 19.6 Å². The minimum absolute atomic E-state index is 0.365. The normalized spacial score (nSPS) is 29.8. The molecule has 2 atom stereocenters. The van der Waals surface area contributed by atoms with E-state index in [0.29, 0.717) is 5.54 Å². The van der Waals surface area contributed by atoms with Gasteiger partial charge in [-0.2, -0.15) is 0 Å². The van der Waals surface area contributed by atoms with E-state index in [-0.39, 0.29) is 0 Å². The highest BCUT2D eigenvalue weighted by Gasteiger charge is 2.27. The molecule has 0 radical (unpaired) electrons. The minimum atomic E-state index is 0.365. The van der Waals surface area contributed by atoms with Crippen molar-refractivity contribution in [3.05, 3.63) is 0 Å². The standard InChI is InChI=1S/C14H30N2/c1-6-13-8-9-16(14(4,5)7-2)11-12(3)10-15-13/h12-13,15H,6-11H2,1-5H3. The van der Waals surface area contributed by atoms with Gasteiger partial charge >= 0.3 is 0 Å². The predicted octanol–water partition coefficient (Wildman–Crippen LogP) is 2.89. The Labute approximate surface area is 102 Å². The second-order valence-electron chi connectivity index (χ2n) is 6.02. The van der Waals surface area contributed by atoms with Crippen molar-refractivity contribution in [1.82, 2.24) is 10.2 Å². The summed E-state index contributed by atoms with van der Waals surface area (Å²) in [6.45, 7) is 15.4. The van der Waals surface area contributed by atoms with Crippen LogP contribution in [0.3, 0.4) is 0 Å². The lowest BCUT2D eigenvalue weighted by Gasteiger charge is -2.42. The maximum absolute atomic E-state index is 3.68. The van der Waals surface area contributed by atoms with E-state index in [2.05, 4.69) is 44.8 Å². The molecule has 1 saturated heterocycles. The topological polar surface area (TPSA) is 15.3 Å². The van der Waals surface area contributed by atoms with E-state index < -0.39 is 0 Å². The summed E-state index contributed by atoms with van der Waals surface area (Å²) in [5.74, 6) is 0.764. The van der Waals surface area contributed by atoms with Gasteiger partial charge in [0.2, 0.25) is 0 Å². The molecular formula is C14H30N2. The molecule has 0 aromatic carbocycles. The molecule has 1 heterocycles. The summed E-state index contributed by atoms with van der Waals surface area (Å²) in [4.78, 5) is 2.70. The second kappa shape index (κ2) is 6.02. The van der Waals surface area contributed by atoms with Gasteiger partial charge < -0.3 is 5.32 Å². The van der Waals surface area contributed by atoms with Gasteiger partial charge in [0.1, 0.15) is 0 Å². The van der Waals surface area contributed by atoms with Crippen LogP contribution in [0.25, 0.3) is 0 Å². The largest absolute Gasteiger partial charge is 0.314 e. The van der Waals surface area contributed by atoms with E-state index >= 15 is 0 Å². The Kier molecular flexibility index (Phi) is 5.26. The molecule has 16 heavy (non-hydrogen) atoms. The first kappa shape index (κ1) is 14.0. The fraction of sp³-hybridized carbons (Fsp3) is 1.00. The van der Waals surface area contributed by atoms with Crippen molar-refractivity contribution in [3.63, 3.8) is 0 Å². The van der Waals surface area contributed by atoms with Crippen LogP contribution in [0.15, 0.2) is 0 Å². The predicted molar refractivity (Wildman–Crippen MR) is 71.8 cm³/mol. The van der Waals surface area contributed by atoms with Gasteiger partial charge in [0.25, 0.3) is 0 Å². The van der Waals surface area contributed by atoms with Crippen LogP contribution >= 0.6 is 0 Å². The molecule has 0 bridgehead atoms. The molecule has 96 valence electrons. The summed E-state index contributed by atoms with van der Waals surface area (Å²) < 4.78 is 0. The molecule has 0 aromatic heterocycles. The quantitative estimate of drug-likeness (QED) is 0.796. The highest BCUT2D eigenvalue weighted by atomic mass is 15.2. The molecule has 2 unspecified atom stereocenters. The average Bonchev–Trinajstić information content (AvgIpc) is 2.24. The molecule has 0 spiro atoms. The minimum Gasteiger partial charge on any atom is -0.314 e. The van der Waals surface area contributed by atoms with E-state index in [9.17, 15) is 0 Å². The van der Waals surface area contributed by atoms with E-state index in [0.717, 1.165) is 12.0 Å². The van der Waals surface area contributed by atoms with Gasteiger partial charge in [-0.3, -0.25) is 4.90 Å². The first-order valence-corrected chi connectivity index (χ1v) is 6.98. The van der Waals surface area contributed by atoms with Crippen molar-refractivity contribution in [3.8, 4) is 0 Å². The zero-order chi connectivity index (χ0) is 12.2. The zero-order valence-corrected chi connectivity index (χ0v) is 11.8. The average molecular weight is 226 g/mol. The van der Waals surface area contributed by atoms with Gasteiger partial charge in [-0.15, -0.1) is 0 Å². The molecule has 2 heteroatoms. The van der Waals surface area contributed by atoms with Crippen molar-refractivity contribution in [2.45, 2.75) is 65.5 Å². The third-order valence-electron chi connectivity index (χ3n) is 4.25. The molecular weight excluding hydrogens is 196 g/mol. The van der Waals surface area contributed by atoms with Crippen molar-refractivity contribution in [1.29, 1.82) is 0 Å². The SMILES string of the molecule is CCC1CCN(C(C)(C)CC)CC(C)CN1. The van der Waals surface area contributed by atoms with E-state index in [1.54, 1.807) is 0 Å². The number of rotatable bonds is 3. The Hall–Kier alpha value is -0.0800. The summed E-state index contributed by atoms with van der Waals surface area (Å²) in [6, 6.07) is 0.720. The Morgan fingerprint density at radius 3 is 2.56 bits per heavy atom. The highest BCUT2D eigenvalue weighted by molar-refractivity contribution is 4.84. The van der Waals surface area contributed by atoms with Crippen molar-refractivity contribution < 1.29 is 0 Å². The van der Waals surface area contributed by atoms with Crippen LogP contribution in [-0.2, 0) is 0 Å². The molecule has 1 fully saturated rings. The molecule has 1 rings (SSSR count). The molecule has 1 aliphatic rings. The Bertz CT molecular complexity index is 201.